The van der Waals surface area contributed by atoms with Crippen molar-refractivity contribution in [1.29, 1.82) is 0 Å². The van der Waals surface area contributed by atoms with E-state index < -0.39 is 0 Å². The molecule has 2 rings (SSSR count). The quantitative estimate of drug-likeness (QED) is 0.756. The minimum atomic E-state index is 0.341. The average Bonchev–Trinajstić information content (AvgIpc) is 2.86. The molecular formula is C12H14Br2N2S2. The maximum absolute atomic E-state index is 4.55. The lowest BCUT2D eigenvalue weighted by Crippen LogP contribution is -2.22. The smallest absolute Gasteiger partial charge is 0.0947 e. The van der Waals surface area contributed by atoms with Crippen LogP contribution in [0.25, 0.3) is 0 Å². The van der Waals surface area contributed by atoms with Crippen LogP contribution in [0.15, 0.2) is 19.7 Å². The standard InChI is InChI=1S/C12H14Br2N2S2/c1-3-15-9(5-11-16-7(2)6-17-11)10-4-8(13)12(14)18-10/h4,6,9,15H,3,5H2,1-2H3. The van der Waals surface area contributed by atoms with Gasteiger partial charge in [-0.1, -0.05) is 6.92 Å². The molecule has 0 radical (unpaired) electrons. The summed E-state index contributed by atoms with van der Waals surface area (Å²) >= 11 is 10.6. The summed E-state index contributed by atoms with van der Waals surface area (Å²) in [5, 5.41) is 6.84. The summed E-state index contributed by atoms with van der Waals surface area (Å²) in [6, 6.07) is 2.52. The Morgan fingerprint density at radius 2 is 2.22 bits per heavy atom. The Morgan fingerprint density at radius 1 is 1.44 bits per heavy atom. The molecule has 0 saturated heterocycles. The second kappa shape index (κ2) is 6.61. The van der Waals surface area contributed by atoms with Gasteiger partial charge in [-0.25, -0.2) is 4.98 Å². The zero-order valence-electron chi connectivity index (χ0n) is 10.2. The van der Waals surface area contributed by atoms with Gasteiger partial charge in [-0.2, -0.15) is 0 Å². The van der Waals surface area contributed by atoms with Crippen molar-refractivity contribution in [2.75, 3.05) is 6.54 Å². The molecule has 2 aromatic rings. The van der Waals surface area contributed by atoms with Crippen molar-refractivity contribution in [3.05, 3.63) is 35.3 Å². The van der Waals surface area contributed by atoms with E-state index in [1.165, 1.54) is 9.88 Å². The number of halogens is 2. The molecule has 0 spiro atoms. The van der Waals surface area contributed by atoms with Crippen LogP contribution in [-0.4, -0.2) is 11.5 Å². The Kier molecular flexibility index (Phi) is 5.38. The third-order valence-corrected chi connectivity index (χ3v) is 6.86. The fourth-order valence-corrected chi connectivity index (χ4v) is 4.71. The molecule has 1 N–H and O–H groups in total. The van der Waals surface area contributed by atoms with E-state index in [4.69, 9.17) is 0 Å². The molecule has 2 aromatic heterocycles. The van der Waals surface area contributed by atoms with Crippen LogP contribution in [0.1, 0.15) is 28.5 Å². The van der Waals surface area contributed by atoms with Gasteiger partial charge < -0.3 is 5.32 Å². The first kappa shape index (κ1) is 14.7. The van der Waals surface area contributed by atoms with E-state index in [1.807, 2.05) is 6.92 Å². The number of hydrogen-bond donors (Lipinski definition) is 1. The van der Waals surface area contributed by atoms with Gasteiger partial charge in [0.15, 0.2) is 0 Å². The van der Waals surface area contributed by atoms with Gasteiger partial charge in [0.2, 0.25) is 0 Å². The number of likely N-dealkylation sites (N-methyl/N-ethyl adjacent to an activating group) is 1. The average molecular weight is 410 g/mol. The Morgan fingerprint density at radius 3 is 2.72 bits per heavy atom. The van der Waals surface area contributed by atoms with E-state index in [0.717, 1.165) is 26.9 Å². The zero-order valence-corrected chi connectivity index (χ0v) is 15.0. The SMILES string of the molecule is CCNC(Cc1nc(C)cs1)c1cc(Br)c(Br)s1. The normalized spacial score (nSPS) is 12.9. The maximum Gasteiger partial charge on any atom is 0.0947 e. The predicted molar refractivity (Wildman–Crippen MR) is 86.7 cm³/mol. The molecule has 18 heavy (non-hydrogen) atoms. The van der Waals surface area contributed by atoms with Crippen LogP contribution in [0.2, 0.25) is 0 Å². The van der Waals surface area contributed by atoms with E-state index in [-0.39, 0.29) is 0 Å². The third-order valence-electron chi connectivity index (χ3n) is 2.50. The first-order valence-corrected chi connectivity index (χ1v) is 8.97. The third kappa shape index (κ3) is 3.63. The van der Waals surface area contributed by atoms with Crippen LogP contribution in [0.4, 0.5) is 0 Å². The Hall–Kier alpha value is 0.250. The second-order valence-corrected chi connectivity index (χ2v) is 8.17. The molecule has 1 atom stereocenters. The van der Waals surface area contributed by atoms with E-state index in [9.17, 15) is 0 Å². The fourth-order valence-electron chi connectivity index (χ4n) is 1.73. The molecule has 2 heterocycles. The molecule has 1 unspecified atom stereocenters. The molecule has 6 heteroatoms. The Balaban J connectivity index is 2.17. The lowest BCUT2D eigenvalue weighted by molar-refractivity contribution is 0.556. The Bertz CT molecular complexity index is 502. The summed E-state index contributed by atoms with van der Waals surface area (Å²) in [5.74, 6) is 0. The van der Waals surface area contributed by atoms with E-state index in [2.05, 4.69) is 60.5 Å². The summed E-state index contributed by atoms with van der Waals surface area (Å²) in [6.07, 6.45) is 0.950. The van der Waals surface area contributed by atoms with Gasteiger partial charge in [-0.05, 0) is 51.4 Å². The Labute approximate surface area is 132 Å². The van der Waals surface area contributed by atoms with Gasteiger partial charge in [-0.15, -0.1) is 22.7 Å². The first-order chi connectivity index (χ1) is 8.60. The molecule has 0 amide bonds. The number of aryl methyl sites for hydroxylation is 1. The summed E-state index contributed by atoms with van der Waals surface area (Å²) in [4.78, 5) is 5.88. The van der Waals surface area contributed by atoms with Crippen molar-refractivity contribution in [3.8, 4) is 0 Å². The van der Waals surface area contributed by atoms with E-state index >= 15 is 0 Å². The van der Waals surface area contributed by atoms with Crippen LogP contribution < -0.4 is 5.32 Å². The molecule has 0 aliphatic heterocycles. The number of rotatable bonds is 5. The second-order valence-electron chi connectivity index (χ2n) is 3.97. The van der Waals surface area contributed by atoms with Crippen molar-refractivity contribution in [2.24, 2.45) is 0 Å². The lowest BCUT2D eigenvalue weighted by atomic mass is 10.2. The molecule has 0 fully saturated rings. The van der Waals surface area contributed by atoms with Crippen LogP contribution >= 0.6 is 54.5 Å². The molecule has 0 bridgehead atoms. The highest BCUT2D eigenvalue weighted by atomic mass is 79.9. The highest BCUT2D eigenvalue weighted by molar-refractivity contribution is 9.13. The van der Waals surface area contributed by atoms with Crippen molar-refractivity contribution in [3.63, 3.8) is 0 Å². The monoisotopic (exact) mass is 408 g/mol. The molecule has 0 saturated carbocycles. The fraction of sp³-hybridized carbons (Fsp3) is 0.417. The summed E-state index contributed by atoms with van der Waals surface area (Å²) in [5.41, 5.74) is 1.11. The van der Waals surface area contributed by atoms with Crippen LogP contribution in [0, 0.1) is 6.92 Å². The lowest BCUT2D eigenvalue weighted by Gasteiger charge is -2.14. The van der Waals surface area contributed by atoms with E-state index in [0.29, 0.717) is 6.04 Å². The molecular weight excluding hydrogens is 396 g/mol. The number of hydrogen-bond acceptors (Lipinski definition) is 4. The minimum absolute atomic E-state index is 0.341. The minimum Gasteiger partial charge on any atom is -0.309 e. The van der Waals surface area contributed by atoms with Crippen molar-refractivity contribution >= 4 is 54.5 Å². The molecule has 0 aliphatic carbocycles. The summed E-state index contributed by atoms with van der Waals surface area (Å²) in [7, 11) is 0. The highest BCUT2D eigenvalue weighted by Crippen LogP contribution is 2.36. The molecule has 2 nitrogen and oxygen atoms in total. The van der Waals surface area contributed by atoms with Crippen molar-refractivity contribution < 1.29 is 0 Å². The van der Waals surface area contributed by atoms with Crippen LogP contribution in [0.3, 0.4) is 0 Å². The van der Waals surface area contributed by atoms with Crippen LogP contribution in [0.5, 0.6) is 0 Å². The maximum atomic E-state index is 4.55. The topological polar surface area (TPSA) is 24.9 Å². The summed E-state index contributed by atoms with van der Waals surface area (Å²) < 4.78 is 2.27. The number of nitrogens with one attached hydrogen (secondary N) is 1. The van der Waals surface area contributed by atoms with Crippen molar-refractivity contribution in [2.45, 2.75) is 26.3 Å². The van der Waals surface area contributed by atoms with Gasteiger partial charge in [0.1, 0.15) is 0 Å². The van der Waals surface area contributed by atoms with Gasteiger partial charge in [-0.3, -0.25) is 0 Å². The first-order valence-electron chi connectivity index (χ1n) is 5.69. The number of thiophene rings is 1. The van der Waals surface area contributed by atoms with Gasteiger partial charge in [0.05, 0.1) is 8.79 Å². The number of nitrogens with zero attached hydrogens (tertiary/aromatic N) is 1. The largest absolute Gasteiger partial charge is 0.309 e. The molecule has 0 aliphatic rings. The van der Waals surface area contributed by atoms with Crippen molar-refractivity contribution in [1.82, 2.24) is 10.3 Å². The zero-order chi connectivity index (χ0) is 13.1. The van der Waals surface area contributed by atoms with E-state index in [1.54, 1.807) is 22.7 Å². The van der Waals surface area contributed by atoms with Crippen LogP contribution in [-0.2, 0) is 6.42 Å². The van der Waals surface area contributed by atoms with Gasteiger partial charge in [0, 0.05) is 32.9 Å². The van der Waals surface area contributed by atoms with Gasteiger partial charge in [0.25, 0.3) is 0 Å². The number of aromatic nitrogens is 1. The number of thiazole rings is 1. The van der Waals surface area contributed by atoms with Gasteiger partial charge >= 0.3 is 0 Å². The predicted octanol–water partition coefficient (Wildman–Crippen LogP) is 4.93. The molecule has 98 valence electrons. The highest BCUT2D eigenvalue weighted by Gasteiger charge is 2.17. The summed E-state index contributed by atoms with van der Waals surface area (Å²) in [6.45, 7) is 5.14. The molecule has 0 aromatic carbocycles.